The maximum absolute atomic E-state index is 5.81. The molecule has 0 amide bonds. The highest BCUT2D eigenvalue weighted by molar-refractivity contribution is 5.71. The first-order chi connectivity index (χ1) is 11.2. The SMILES string of the molecule is C=C(N)c1ncn(-c2ccc(C3CCCCC3)cc2)c1N=CC. The second kappa shape index (κ2) is 6.82. The fourth-order valence-corrected chi connectivity index (χ4v) is 3.35. The van der Waals surface area contributed by atoms with Gasteiger partial charge in [0.25, 0.3) is 0 Å². The fourth-order valence-electron chi connectivity index (χ4n) is 3.35. The number of aromatic nitrogens is 2. The van der Waals surface area contributed by atoms with Gasteiger partial charge in [0, 0.05) is 11.9 Å². The average Bonchev–Trinajstić information content (AvgIpc) is 3.00. The molecule has 0 radical (unpaired) electrons. The van der Waals surface area contributed by atoms with Crippen LogP contribution < -0.4 is 5.73 Å². The summed E-state index contributed by atoms with van der Waals surface area (Å²) in [6.45, 7) is 5.66. The average molecular weight is 308 g/mol. The van der Waals surface area contributed by atoms with Crippen LogP contribution in [0.1, 0.15) is 56.2 Å². The van der Waals surface area contributed by atoms with Gasteiger partial charge < -0.3 is 5.73 Å². The number of nitrogens with zero attached hydrogens (tertiary/aromatic N) is 3. The Bertz CT molecular complexity index is 703. The van der Waals surface area contributed by atoms with Gasteiger partial charge in [-0.05, 0) is 43.4 Å². The van der Waals surface area contributed by atoms with Crippen molar-refractivity contribution in [2.24, 2.45) is 10.7 Å². The van der Waals surface area contributed by atoms with Gasteiger partial charge in [-0.1, -0.05) is 38.0 Å². The molecule has 0 saturated heterocycles. The van der Waals surface area contributed by atoms with Crippen LogP contribution in [-0.2, 0) is 0 Å². The second-order valence-corrected chi connectivity index (χ2v) is 6.13. The first kappa shape index (κ1) is 15.5. The van der Waals surface area contributed by atoms with Crippen molar-refractivity contribution in [3.05, 3.63) is 48.4 Å². The van der Waals surface area contributed by atoms with E-state index in [1.54, 1.807) is 12.5 Å². The van der Waals surface area contributed by atoms with Crippen LogP contribution in [0.15, 0.2) is 42.2 Å². The van der Waals surface area contributed by atoms with Crippen LogP contribution in [0.4, 0.5) is 5.82 Å². The highest BCUT2D eigenvalue weighted by Gasteiger charge is 2.16. The van der Waals surface area contributed by atoms with Crippen LogP contribution in [0.25, 0.3) is 11.4 Å². The molecule has 3 rings (SSSR count). The number of aliphatic imine (C=N–C) groups is 1. The van der Waals surface area contributed by atoms with Crippen molar-refractivity contribution in [1.82, 2.24) is 9.55 Å². The van der Waals surface area contributed by atoms with Crippen molar-refractivity contribution < 1.29 is 0 Å². The smallest absolute Gasteiger partial charge is 0.166 e. The Labute approximate surface area is 137 Å². The van der Waals surface area contributed by atoms with Crippen LogP contribution in [0.2, 0.25) is 0 Å². The van der Waals surface area contributed by atoms with Gasteiger partial charge in [0.1, 0.15) is 12.0 Å². The van der Waals surface area contributed by atoms with Gasteiger partial charge in [0.05, 0.1) is 5.70 Å². The van der Waals surface area contributed by atoms with Crippen molar-refractivity contribution in [3.8, 4) is 5.69 Å². The number of rotatable bonds is 4. The van der Waals surface area contributed by atoms with Crippen LogP contribution in [0.5, 0.6) is 0 Å². The summed E-state index contributed by atoms with van der Waals surface area (Å²) in [6, 6.07) is 8.76. The Morgan fingerprint density at radius 2 is 1.96 bits per heavy atom. The summed E-state index contributed by atoms with van der Waals surface area (Å²) in [5.74, 6) is 1.44. The third-order valence-corrected chi connectivity index (χ3v) is 4.55. The molecule has 1 fully saturated rings. The van der Waals surface area contributed by atoms with E-state index in [2.05, 4.69) is 40.8 Å². The molecule has 0 spiro atoms. The number of nitrogens with two attached hydrogens (primary N) is 1. The number of hydrogen-bond acceptors (Lipinski definition) is 3. The van der Waals surface area contributed by atoms with E-state index in [1.807, 2.05) is 11.5 Å². The lowest BCUT2D eigenvalue weighted by Crippen LogP contribution is -2.04. The van der Waals surface area contributed by atoms with E-state index in [4.69, 9.17) is 5.73 Å². The monoisotopic (exact) mass is 308 g/mol. The van der Waals surface area contributed by atoms with E-state index in [-0.39, 0.29) is 0 Å². The molecule has 0 unspecified atom stereocenters. The number of hydrogen-bond donors (Lipinski definition) is 1. The van der Waals surface area contributed by atoms with Crippen molar-refractivity contribution >= 4 is 17.7 Å². The van der Waals surface area contributed by atoms with Crippen LogP contribution in [0, 0.1) is 0 Å². The lowest BCUT2D eigenvalue weighted by molar-refractivity contribution is 0.443. The molecule has 2 aromatic rings. The minimum Gasteiger partial charge on any atom is -0.397 e. The van der Waals surface area contributed by atoms with E-state index >= 15 is 0 Å². The van der Waals surface area contributed by atoms with Crippen LogP contribution in [-0.4, -0.2) is 15.8 Å². The normalized spacial score (nSPS) is 16.0. The van der Waals surface area contributed by atoms with Gasteiger partial charge in [0.15, 0.2) is 5.82 Å². The fraction of sp³-hybridized carbons (Fsp3) is 0.368. The molecular formula is C19H24N4. The Hall–Kier alpha value is -2.36. The minimum absolute atomic E-state index is 0.433. The molecule has 1 aliphatic rings. The predicted octanol–water partition coefficient (Wildman–Crippen LogP) is 4.57. The molecule has 0 atom stereocenters. The molecule has 1 saturated carbocycles. The van der Waals surface area contributed by atoms with Crippen molar-refractivity contribution in [1.29, 1.82) is 0 Å². The third-order valence-electron chi connectivity index (χ3n) is 4.55. The number of imidazole rings is 1. The van der Waals surface area contributed by atoms with Crippen LogP contribution >= 0.6 is 0 Å². The second-order valence-electron chi connectivity index (χ2n) is 6.13. The van der Waals surface area contributed by atoms with Gasteiger partial charge in [0.2, 0.25) is 0 Å². The van der Waals surface area contributed by atoms with Gasteiger partial charge in [-0.15, -0.1) is 0 Å². The van der Waals surface area contributed by atoms with E-state index in [0.29, 0.717) is 17.3 Å². The zero-order valence-electron chi connectivity index (χ0n) is 13.7. The lowest BCUT2D eigenvalue weighted by Gasteiger charge is -2.22. The molecule has 1 aliphatic carbocycles. The predicted molar refractivity (Wildman–Crippen MR) is 96.4 cm³/mol. The topological polar surface area (TPSA) is 56.2 Å². The molecule has 120 valence electrons. The van der Waals surface area contributed by atoms with E-state index in [9.17, 15) is 0 Å². The van der Waals surface area contributed by atoms with Gasteiger partial charge in [-0.2, -0.15) is 0 Å². The standard InChI is InChI=1S/C19H24N4/c1-3-21-19-18(14(2)20)22-13-23(19)17-11-9-16(10-12-17)15-7-5-4-6-8-15/h3,9-13,15H,2,4-8,20H2,1H3. The number of benzene rings is 1. The summed E-state index contributed by atoms with van der Waals surface area (Å²) in [7, 11) is 0. The third kappa shape index (κ3) is 3.21. The zero-order valence-corrected chi connectivity index (χ0v) is 13.7. The van der Waals surface area contributed by atoms with Gasteiger partial charge in [-0.25, -0.2) is 9.98 Å². The van der Waals surface area contributed by atoms with Crippen LogP contribution in [0.3, 0.4) is 0 Å². The maximum atomic E-state index is 5.81. The Morgan fingerprint density at radius 1 is 1.26 bits per heavy atom. The summed E-state index contributed by atoms with van der Waals surface area (Å²) in [4.78, 5) is 8.76. The maximum Gasteiger partial charge on any atom is 0.166 e. The Kier molecular flexibility index (Phi) is 4.60. The largest absolute Gasteiger partial charge is 0.397 e. The minimum atomic E-state index is 0.433. The first-order valence-corrected chi connectivity index (χ1v) is 8.32. The Morgan fingerprint density at radius 3 is 2.57 bits per heavy atom. The first-order valence-electron chi connectivity index (χ1n) is 8.32. The summed E-state index contributed by atoms with van der Waals surface area (Å²) in [5.41, 5.74) is 9.37. The van der Waals surface area contributed by atoms with Gasteiger partial charge >= 0.3 is 0 Å². The highest BCUT2D eigenvalue weighted by atomic mass is 15.1. The quantitative estimate of drug-likeness (QED) is 0.841. The summed E-state index contributed by atoms with van der Waals surface area (Å²) >= 11 is 0. The Balaban J connectivity index is 1.91. The van der Waals surface area contributed by atoms with E-state index in [1.165, 1.54) is 37.7 Å². The zero-order chi connectivity index (χ0) is 16.2. The van der Waals surface area contributed by atoms with Crippen molar-refractivity contribution in [2.75, 3.05) is 0 Å². The summed E-state index contributed by atoms with van der Waals surface area (Å²) in [6.07, 6.45) is 10.2. The molecule has 1 aromatic carbocycles. The van der Waals surface area contributed by atoms with Crippen molar-refractivity contribution in [3.63, 3.8) is 0 Å². The highest BCUT2D eigenvalue weighted by Crippen LogP contribution is 2.33. The van der Waals surface area contributed by atoms with E-state index in [0.717, 1.165) is 11.5 Å². The molecular weight excluding hydrogens is 284 g/mol. The summed E-state index contributed by atoms with van der Waals surface area (Å²) in [5, 5.41) is 0. The molecule has 1 aromatic heterocycles. The molecule has 0 aliphatic heterocycles. The molecule has 0 bridgehead atoms. The molecule has 2 N–H and O–H groups in total. The van der Waals surface area contributed by atoms with Crippen molar-refractivity contribution in [2.45, 2.75) is 44.9 Å². The molecule has 23 heavy (non-hydrogen) atoms. The molecule has 1 heterocycles. The van der Waals surface area contributed by atoms with E-state index < -0.39 is 0 Å². The van der Waals surface area contributed by atoms with Gasteiger partial charge in [-0.3, -0.25) is 4.57 Å². The lowest BCUT2D eigenvalue weighted by atomic mass is 9.84. The molecule has 4 nitrogen and oxygen atoms in total. The molecule has 4 heteroatoms. The summed E-state index contributed by atoms with van der Waals surface area (Å²) < 4.78 is 1.96.